The average molecular weight is 486 g/mol. The van der Waals surface area contributed by atoms with Crippen LogP contribution < -0.4 is 5.73 Å². The third-order valence-corrected chi connectivity index (χ3v) is 6.49. The summed E-state index contributed by atoms with van der Waals surface area (Å²) >= 11 is 12.4. The second kappa shape index (κ2) is 7.05. The summed E-state index contributed by atoms with van der Waals surface area (Å²) in [6, 6.07) is 2.04. The molecule has 1 unspecified atom stereocenters. The van der Waals surface area contributed by atoms with E-state index in [1.807, 2.05) is 4.68 Å². The lowest BCUT2D eigenvalue weighted by Crippen LogP contribution is -2.16. The summed E-state index contributed by atoms with van der Waals surface area (Å²) in [4.78, 5) is 0. The van der Waals surface area contributed by atoms with Crippen molar-refractivity contribution in [3.8, 4) is 0 Å². The van der Waals surface area contributed by atoms with E-state index in [2.05, 4.69) is 72.8 Å². The Kier molecular flexibility index (Phi) is 5.88. The van der Waals surface area contributed by atoms with E-state index in [9.17, 15) is 0 Å². The van der Waals surface area contributed by atoms with Gasteiger partial charge in [0.1, 0.15) is 0 Å². The molecule has 3 nitrogen and oxygen atoms in total. The van der Waals surface area contributed by atoms with Crippen molar-refractivity contribution in [3.63, 3.8) is 0 Å². The van der Waals surface area contributed by atoms with Gasteiger partial charge in [-0.15, -0.1) is 11.3 Å². The van der Waals surface area contributed by atoms with Gasteiger partial charge in [-0.25, -0.2) is 0 Å². The average Bonchev–Trinajstić information content (AvgIpc) is 2.90. The Morgan fingerprint density at radius 2 is 2.05 bits per heavy atom. The third-order valence-electron chi connectivity index (χ3n) is 3.19. The Morgan fingerprint density at radius 1 is 1.35 bits per heavy atom. The molecule has 0 spiro atoms. The first-order chi connectivity index (χ1) is 9.47. The molecule has 2 heterocycles. The fourth-order valence-electron chi connectivity index (χ4n) is 2.14. The zero-order valence-electron chi connectivity index (χ0n) is 11.3. The molecule has 0 saturated heterocycles. The van der Waals surface area contributed by atoms with Crippen LogP contribution in [0.25, 0.3) is 0 Å². The molecule has 0 aliphatic rings. The van der Waals surface area contributed by atoms with Crippen LogP contribution >= 0.6 is 59.1 Å². The molecule has 7 heteroatoms. The van der Waals surface area contributed by atoms with Crippen LogP contribution in [0.15, 0.2) is 18.1 Å². The summed E-state index contributed by atoms with van der Waals surface area (Å²) in [6.07, 6.45) is 1.69. The zero-order valence-corrected chi connectivity index (χ0v) is 16.9. The number of aromatic nitrogens is 2. The van der Waals surface area contributed by atoms with Crippen LogP contribution in [-0.2, 0) is 19.4 Å². The smallest absolute Gasteiger partial charge is 0.0766 e. The molecule has 0 saturated carbocycles. The van der Waals surface area contributed by atoms with E-state index < -0.39 is 0 Å². The summed E-state index contributed by atoms with van der Waals surface area (Å²) in [5.41, 5.74) is 9.78. The van der Waals surface area contributed by atoms with Crippen molar-refractivity contribution in [2.45, 2.75) is 39.3 Å². The summed E-state index contributed by atoms with van der Waals surface area (Å²) in [6.45, 7) is 5.07. The first kappa shape index (κ1) is 16.7. The predicted octanol–water partition coefficient (Wildman–Crippen LogP) is 5.06. The van der Waals surface area contributed by atoms with E-state index in [1.54, 1.807) is 11.3 Å². The van der Waals surface area contributed by atoms with Gasteiger partial charge in [-0.05, 0) is 72.8 Å². The van der Waals surface area contributed by atoms with Gasteiger partial charge in [0.05, 0.1) is 23.4 Å². The van der Waals surface area contributed by atoms with Crippen molar-refractivity contribution >= 4 is 59.1 Å². The van der Waals surface area contributed by atoms with Crippen molar-refractivity contribution in [2.24, 2.45) is 5.73 Å². The molecule has 0 aliphatic heterocycles. The summed E-state index contributed by atoms with van der Waals surface area (Å²) in [5, 5.41) is 4.62. The van der Waals surface area contributed by atoms with Crippen LogP contribution in [0.4, 0.5) is 0 Å². The number of hydrogen-bond acceptors (Lipinski definition) is 3. The molecule has 2 aromatic heterocycles. The van der Waals surface area contributed by atoms with Crippen LogP contribution in [0.2, 0.25) is 0 Å². The SMILES string of the molecule is CCc1nn(CC)c(CC(N)c2cc(Br)sc2Br)c1Br. The van der Waals surface area contributed by atoms with Gasteiger partial charge in [-0.1, -0.05) is 6.92 Å². The highest BCUT2D eigenvalue weighted by molar-refractivity contribution is 9.12. The predicted molar refractivity (Wildman–Crippen MR) is 95.3 cm³/mol. The number of nitrogens with two attached hydrogens (primary N) is 1. The standard InChI is InChI=1S/C13H16Br3N3S/c1-3-9-12(15)10(19(4-2)18-9)6-8(17)7-5-11(14)20-13(7)16/h5,8H,3-4,6,17H2,1-2H3. The maximum Gasteiger partial charge on any atom is 0.0766 e. The van der Waals surface area contributed by atoms with Gasteiger partial charge in [-0.2, -0.15) is 5.10 Å². The fraction of sp³-hybridized carbons (Fsp3) is 0.462. The van der Waals surface area contributed by atoms with Crippen molar-refractivity contribution in [1.82, 2.24) is 9.78 Å². The molecule has 2 rings (SSSR count). The molecule has 110 valence electrons. The van der Waals surface area contributed by atoms with Gasteiger partial charge in [0.2, 0.25) is 0 Å². The molecule has 0 aromatic carbocycles. The lowest BCUT2D eigenvalue weighted by Gasteiger charge is -2.12. The highest BCUT2D eigenvalue weighted by atomic mass is 79.9. The van der Waals surface area contributed by atoms with Crippen LogP contribution in [0.3, 0.4) is 0 Å². The minimum Gasteiger partial charge on any atom is -0.324 e. The normalized spacial score (nSPS) is 12.9. The molecule has 0 fully saturated rings. The maximum absolute atomic E-state index is 6.38. The summed E-state index contributed by atoms with van der Waals surface area (Å²) in [7, 11) is 0. The molecule has 2 N–H and O–H groups in total. The van der Waals surface area contributed by atoms with E-state index in [4.69, 9.17) is 5.73 Å². The van der Waals surface area contributed by atoms with E-state index in [1.165, 1.54) is 5.69 Å². The van der Waals surface area contributed by atoms with Crippen molar-refractivity contribution < 1.29 is 0 Å². The number of rotatable bonds is 5. The van der Waals surface area contributed by atoms with Crippen LogP contribution in [-0.4, -0.2) is 9.78 Å². The molecule has 1 atom stereocenters. The lowest BCUT2D eigenvalue weighted by molar-refractivity contribution is 0.584. The third kappa shape index (κ3) is 3.38. The minimum atomic E-state index is -0.0464. The number of nitrogens with zero attached hydrogens (tertiary/aromatic N) is 2. The second-order valence-corrected chi connectivity index (χ2v) is 9.01. The van der Waals surface area contributed by atoms with E-state index in [-0.39, 0.29) is 6.04 Å². The summed E-state index contributed by atoms with van der Waals surface area (Å²) in [5.74, 6) is 0. The Hall–Kier alpha value is 0.310. The van der Waals surface area contributed by atoms with E-state index >= 15 is 0 Å². The first-order valence-corrected chi connectivity index (χ1v) is 9.61. The molecule has 0 radical (unpaired) electrons. The summed E-state index contributed by atoms with van der Waals surface area (Å²) < 4.78 is 5.32. The highest BCUT2D eigenvalue weighted by Gasteiger charge is 2.20. The molecule has 0 bridgehead atoms. The van der Waals surface area contributed by atoms with Crippen molar-refractivity contribution in [3.05, 3.63) is 35.1 Å². The van der Waals surface area contributed by atoms with Gasteiger partial charge in [0.25, 0.3) is 0 Å². The Labute approximate surface area is 148 Å². The van der Waals surface area contributed by atoms with Crippen molar-refractivity contribution in [1.29, 1.82) is 0 Å². The molecule has 20 heavy (non-hydrogen) atoms. The number of hydrogen-bond donors (Lipinski definition) is 1. The van der Waals surface area contributed by atoms with Crippen molar-refractivity contribution in [2.75, 3.05) is 0 Å². The second-order valence-electron chi connectivity index (χ2n) is 4.47. The van der Waals surface area contributed by atoms with E-state index in [0.29, 0.717) is 0 Å². The number of aryl methyl sites for hydroxylation is 2. The quantitative estimate of drug-likeness (QED) is 0.643. The van der Waals surface area contributed by atoms with Gasteiger partial charge in [0, 0.05) is 19.0 Å². The molecule has 0 amide bonds. The van der Waals surface area contributed by atoms with Crippen LogP contribution in [0.5, 0.6) is 0 Å². The van der Waals surface area contributed by atoms with Gasteiger partial charge in [0.15, 0.2) is 0 Å². The molecule has 0 aliphatic carbocycles. The largest absolute Gasteiger partial charge is 0.324 e. The molecule has 2 aromatic rings. The van der Waals surface area contributed by atoms with Gasteiger partial charge >= 0.3 is 0 Å². The van der Waals surface area contributed by atoms with Gasteiger partial charge < -0.3 is 5.73 Å². The number of halogens is 3. The maximum atomic E-state index is 6.38. The van der Waals surface area contributed by atoms with Crippen LogP contribution in [0.1, 0.15) is 36.8 Å². The zero-order chi connectivity index (χ0) is 14.9. The lowest BCUT2D eigenvalue weighted by atomic mass is 10.1. The Balaban J connectivity index is 2.29. The minimum absolute atomic E-state index is 0.0464. The fourth-order valence-corrected chi connectivity index (χ4v) is 5.86. The van der Waals surface area contributed by atoms with Gasteiger partial charge in [-0.3, -0.25) is 4.68 Å². The topological polar surface area (TPSA) is 43.8 Å². The highest BCUT2D eigenvalue weighted by Crippen LogP contribution is 2.36. The van der Waals surface area contributed by atoms with E-state index in [0.717, 1.165) is 42.7 Å². The Morgan fingerprint density at radius 3 is 2.55 bits per heavy atom. The molecular formula is C13H16Br3N3S. The first-order valence-electron chi connectivity index (χ1n) is 6.42. The van der Waals surface area contributed by atoms with Crippen LogP contribution in [0, 0.1) is 0 Å². The number of thiophene rings is 1. The molecular weight excluding hydrogens is 470 g/mol. The monoisotopic (exact) mass is 483 g/mol. The Bertz CT molecular complexity index is 606.